The van der Waals surface area contributed by atoms with E-state index < -0.39 is 98.5 Å². The summed E-state index contributed by atoms with van der Waals surface area (Å²) in [5, 5.41) is 5.40. The van der Waals surface area contributed by atoms with Crippen LogP contribution >= 0.6 is 0 Å². The quantitative estimate of drug-likeness (QED) is 0.0727. The molecule has 1 saturated carbocycles. The van der Waals surface area contributed by atoms with Crippen molar-refractivity contribution in [1.29, 1.82) is 0 Å². The molecule has 1 fully saturated rings. The van der Waals surface area contributed by atoms with Crippen molar-refractivity contribution in [2.24, 2.45) is 22.7 Å². The van der Waals surface area contributed by atoms with Crippen LogP contribution in [-0.2, 0) is 66.7 Å². The van der Waals surface area contributed by atoms with Crippen LogP contribution in [0.5, 0.6) is 0 Å². The molecule has 2 amide bonds. The van der Waals surface area contributed by atoms with Crippen molar-refractivity contribution in [3.05, 3.63) is 50.6 Å². The summed E-state index contributed by atoms with van der Waals surface area (Å²) in [6.45, 7) is 13.5. The monoisotopic (exact) mass is 794 g/mol. The Morgan fingerprint density at radius 3 is 1.07 bits per heavy atom. The maximum atomic E-state index is 12.8. The van der Waals surface area contributed by atoms with Gasteiger partial charge in [-0.1, -0.05) is 46.6 Å². The molecule has 1 aliphatic rings. The van der Waals surface area contributed by atoms with Crippen LogP contribution in [-0.4, -0.2) is 114 Å². The molecule has 2 atom stereocenters. The summed E-state index contributed by atoms with van der Waals surface area (Å²) < 4.78 is 42.0. The van der Waals surface area contributed by atoms with Crippen molar-refractivity contribution >= 4 is 48.0 Å². The largest absolute Gasteiger partial charge is 0.465 e. The molecule has 1 aliphatic carbocycles. The van der Waals surface area contributed by atoms with Crippen molar-refractivity contribution in [3.8, 4) is 0 Å². The minimum Gasteiger partial charge on any atom is -0.465 e. The Balaban J connectivity index is 2.84. The maximum Gasteiger partial charge on any atom is 0.407 e. The van der Waals surface area contributed by atoms with Gasteiger partial charge in [0.1, 0.15) is 63.7 Å². The molecule has 0 bridgehead atoms. The zero-order valence-electron chi connectivity index (χ0n) is 32.1. The number of esters is 6. The second-order valence-electron chi connectivity index (χ2n) is 13.1. The Bertz CT molecular complexity index is 1330. The van der Waals surface area contributed by atoms with Crippen LogP contribution in [0.3, 0.4) is 0 Å². The molecule has 2 N–H and O–H groups in total. The zero-order chi connectivity index (χ0) is 42.0. The molecule has 56 heavy (non-hydrogen) atoms. The molecule has 0 aromatic carbocycles. The van der Waals surface area contributed by atoms with E-state index in [9.17, 15) is 38.4 Å². The number of carbonyl (C=O) groups is 8. The smallest absolute Gasteiger partial charge is 0.407 e. The van der Waals surface area contributed by atoms with E-state index in [0.29, 0.717) is 6.42 Å². The summed E-state index contributed by atoms with van der Waals surface area (Å²) in [4.78, 5) is 96.8. The van der Waals surface area contributed by atoms with Crippen molar-refractivity contribution in [3.63, 3.8) is 0 Å². The first-order chi connectivity index (χ1) is 26.7. The average molecular weight is 795 g/mol. The van der Waals surface area contributed by atoms with Gasteiger partial charge in [-0.15, -0.1) is 0 Å². The number of carbonyl (C=O) groups excluding carboxylic acids is 8. The van der Waals surface area contributed by atoms with Crippen LogP contribution < -0.4 is 10.6 Å². The molecule has 18 nitrogen and oxygen atoms in total. The molecule has 0 heterocycles. The highest BCUT2D eigenvalue weighted by atomic mass is 16.6. The second-order valence-corrected chi connectivity index (χ2v) is 13.1. The molecule has 2 unspecified atom stereocenters. The van der Waals surface area contributed by atoms with E-state index >= 15 is 0 Å². The fourth-order valence-corrected chi connectivity index (χ4v) is 5.07. The molecule has 0 aliphatic heterocycles. The molecule has 0 aromatic rings. The first-order valence-corrected chi connectivity index (χ1v) is 18.0. The van der Waals surface area contributed by atoms with Crippen LogP contribution in [0, 0.1) is 22.7 Å². The normalized spacial score (nSPS) is 15.0. The van der Waals surface area contributed by atoms with Gasteiger partial charge in [-0.25, -0.2) is 28.8 Å². The third kappa shape index (κ3) is 19.6. The Morgan fingerprint density at radius 2 is 0.786 bits per heavy atom. The fraction of sp³-hybridized carbons (Fsp3) is 0.579. The molecule has 1 rings (SSSR count). The van der Waals surface area contributed by atoms with Crippen molar-refractivity contribution < 1.29 is 76.3 Å². The number of amides is 2. The molecule has 0 saturated heterocycles. The van der Waals surface area contributed by atoms with Crippen molar-refractivity contribution in [2.45, 2.75) is 52.4 Å². The lowest BCUT2D eigenvalue weighted by Gasteiger charge is -2.32. The lowest BCUT2D eigenvalue weighted by Crippen LogP contribution is -2.45. The van der Waals surface area contributed by atoms with Gasteiger partial charge >= 0.3 is 48.0 Å². The summed E-state index contributed by atoms with van der Waals surface area (Å²) in [5.74, 6) is -4.35. The van der Waals surface area contributed by atoms with E-state index in [1.807, 2.05) is 0 Å². The van der Waals surface area contributed by atoms with Crippen molar-refractivity contribution in [1.82, 2.24) is 10.6 Å². The SMILES string of the molecule is C=CC(=O)OCC(COC(=O)C=C)(COC(=O)C=C)COC(=O)NCC1CCCC(CNC(=O)OCC(COC(=O)C=C)(COC(=O)CC)COC(=O)CC)C1. The zero-order valence-corrected chi connectivity index (χ0v) is 32.1. The van der Waals surface area contributed by atoms with Crippen LogP contribution in [0.4, 0.5) is 9.59 Å². The van der Waals surface area contributed by atoms with Crippen LogP contribution in [0.15, 0.2) is 50.6 Å². The van der Waals surface area contributed by atoms with Gasteiger partial charge in [0, 0.05) is 50.2 Å². The molecule has 0 spiro atoms. The first kappa shape index (κ1) is 48.3. The summed E-state index contributed by atoms with van der Waals surface area (Å²) in [6, 6.07) is 0. The minimum absolute atomic E-state index is 0.00761. The predicted octanol–water partition coefficient (Wildman–Crippen LogP) is 3.04. The van der Waals surface area contributed by atoms with E-state index in [0.717, 1.165) is 43.6 Å². The van der Waals surface area contributed by atoms with Gasteiger partial charge in [-0.05, 0) is 31.1 Å². The van der Waals surface area contributed by atoms with Gasteiger partial charge in [0.15, 0.2) is 0 Å². The topological polar surface area (TPSA) is 234 Å². The van der Waals surface area contributed by atoms with Gasteiger partial charge < -0.3 is 48.5 Å². The molecule has 18 heteroatoms. The van der Waals surface area contributed by atoms with Crippen LogP contribution in [0.2, 0.25) is 0 Å². The predicted molar refractivity (Wildman–Crippen MR) is 196 cm³/mol. The highest BCUT2D eigenvalue weighted by Gasteiger charge is 2.39. The summed E-state index contributed by atoms with van der Waals surface area (Å²) in [7, 11) is 0. The lowest BCUT2D eigenvalue weighted by atomic mass is 9.81. The number of hydrogen-bond donors (Lipinski definition) is 2. The fourth-order valence-electron chi connectivity index (χ4n) is 5.07. The van der Waals surface area contributed by atoms with Gasteiger partial charge in [-0.3, -0.25) is 9.59 Å². The highest BCUT2D eigenvalue weighted by molar-refractivity contribution is 5.82. The van der Waals surface area contributed by atoms with Gasteiger partial charge in [0.2, 0.25) is 0 Å². The van der Waals surface area contributed by atoms with Crippen LogP contribution in [0.1, 0.15) is 52.4 Å². The number of nitrogens with one attached hydrogen (secondary N) is 2. The third-order valence-corrected chi connectivity index (χ3v) is 8.39. The van der Waals surface area contributed by atoms with E-state index in [2.05, 4.69) is 36.9 Å². The van der Waals surface area contributed by atoms with Gasteiger partial charge in [0.25, 0.3) is 0 Å². The summed E-state index contributed by atoms with van der Waals surface area (Å²) in [6.07, 6.45) is 5.08. The molecule has 0 aromatic heterocycles. The van der Waals surface area contributed by atoms with E-state index in [1.165, 1.54) is 0 Å². The van der Waals surface area contributed by atoms with Gasteiger partial charge in [0.05, 0.1) is 0 Å². The summed E-state index contributed by atoms with van der Waals surface area (Å²) >= 11 is 0. The Kier molecular flexibility index (Phi) is 22.6. The molecular weight excluding hydrogens is 740 g/mol. The number of rotatable bonds is 26. The number of alkyl carbamates (subject to hydrolysis) is 2. The average Bonchev–Trinajstić information content (AvgIpc) is 3.22. The first-order valence-electron chi connectivity index (χ1n) is 18.0. The van der Waals surface area contributed by atoms with Crippen molar-refractivity contribution in [2.75, 3.05) is 65.9 Å². The Hall–Kier alpha value is -5.68. The standard InChI is InChI=1S/C38H54N2O16/c1-7-29(41)49-19-37(20-50-30(42)8-2,21-51-31(43)9-3)25-55-35(47)39-17-27-14-13-15-28(16-27)18-40-36(48)56-26-38(22-52-32(44)10-4,23-53-33(45)11-5)24-54-34(46)12-6/h7-10,27-28H,1-4,11-26H2,5-6H3,(H,39,47)(H,40,48). The molecule has 0 radical (unpaired) electrons. The molecular formula is C38H54N2O16. The summed E-state index contributed by atoms with van der Waals surface area (Å²) in [5.41, 5.74) is -2.89. The van der Waals surface area contributed by atoms with Gasteiger partial charge in [-0.2, -0.15) is 0 Å². The van der Waals surface area contributed by atoms with E-state index in [1.54, 1.807) is 13.8 Å². The Morgan fingerprint density at radius 1 is 0.500 bits per heavy atom. The van der Waals surface area contributed by atoms with Crippen LogP contribution in [0.25, 0.3) is 0 Å². The molecule has 312 valence electrons. The number of hydrogen-bond acceptors (Lipinski definition) is 16. The lowest BCUT2D eigenvalue weighted by molar-refractivity contribution is -0.164. The minimum atomic E-state index is -1.49. The van der Waals surface area contributed by atoms with E-state index in [4.69, 9.17) is 37.9 Å². The highest BCUT2D eigenvalue weighted by Crippen LogP contribution is 2.29. The number of ether oxygens (including phenoxy) is 8. The van der Waals surface area contributed by atoms with E-state index in [-0.39, 0.29) is 51.0 Å². The maximum absolute atomic E-state index is 12.8. The second kappa shape index (κ2) is 26.2. The third-order valence-electron chi connectivity index (χ3n) is 8.39. The Labute approximate surface area is 326 Å².